The fourth-order valence-corrected chi connectivity index (χ4v) is 6.19. The van der Waals surface area contributed by atoms with Crippen molar-refractivity contribution in [3.63, 3.8) is 0 Å². The summed E-state index contributed by atoms with van der Waals surface area (Å²) >= 11 is 0. The molecule has 216 valence electrons. The predicted molar refractivity (Wildman–Crippen MR) is 159 cm³/mol. The monoisotopic (exact) mass is 556 g/mol. The Morgan fingerprint density at radius 2 is 1.83 bits per heavy atom. The van der Waals surface area contributed by atoms with E-state index in [0.717, 1.165) is 49.2 Å². The van der Waals surface area contributed by atoms with Crippen LogP contribution >= 0.6 is 0 Å². The second-order valence-electron chi connectivity index (χ2n) is 11.5. The highest BCUT2D eigenvalue weighted by Crippen LogP contribution is 2.33. The third-order valence-electron chi connectivity index (χ3n) is 8.55. The number of nitrogens with zero attached hydrogens (tertiary/aromatic N) is 4. The fraction of sp³-hybridized carbons (Fsp3) is 0.455. The molecule has 0 aliphatic carbocycles. The highest BCUT2D eigenvalue weighted by molar-refractivity contribution is 5.88. The number of carbonyl (C=O) groups excluding carboxylic acids is 1. The van der Waals surface area contributed by atoms with Gasteiger partial charge in [-0.1, -0.05) is 62.7 Å². The highest BCUT2D eigenvalue weighted by Gasteiger charge is 2.40. The van der Waals surface area contributed by atoms with Crippen LogP contribution in [0.25, 0.3) is 0 Å². The lowest BCUT2D eigenvalue weighted by molar-refractivity contribution is -0.132. The van der Waals surface area contributed by atoms with Crippen LogP contribution in [0.15, 0.2) is 54.7 Å². The molecule has 2 aromatic carbocycles. The van der Waals surface area contributed by atoms with Gasteiger partial charge in [0.25, 0.3) is 0 Å². The molecule has 0 saturated carbocycles. The topological polar surface area (TPSA) is 95.9 Å². The van der Waals surface area contributed by atoms with Crippen LogP contribution in [0, 0.1) is 5.92 Å². The molecule has 2 aliphatic rings. The maximum Gasteiger partial charge on any atom is 0.339 e. The SMILES string of the molecule is COc1ccccc1CC(=O)N1CCCCC2CN(c3ncc(C(=O)O)c(CCc4ccc(C(C)C)cc4)n3)CC21. The van der Waals surface area contributed by atoms with Crippen molar-refractivity contribution >= 4 is 17.8 Å². The van der Waals surface area contributed by atoms with Crippen molar-refractivity contribution in [1.29, 1.82) is 0 Å². The summed E-state index contributed by atoms with van der Waals surface area (Å²) in [6.45, 7) is 6.48. The van der Waals surface area contributed by atoms with Crippen LogP contribution in [0.5, 0.6) is 5.75 Å². The first-order valence-corrected chi connectivity index (χ1v) is 14.7. The number of likely N-dealkylation sites (tertiary alicyclic amines) is 1. The highest BCUT2D eigenvalue weighted by atomic mass is 16.5. The minimum absolute atomic E-state index is 0.0744. The molecule has 2 fully saturated rings. The second-order valence-corrected chi connectivity index (χ2v) is 11.5. The zero-order chi connectivity index (χ0) is 28.9. The summed E-state index contributed by atoms with van der Waals surface area (Å²) in [5, 5.41) is 9.82. The van der Waals surface area contributed by atoms with E-state index >= 15 is 0 Å². The van der Waals surface area contributed by atoms with E-state index < -0.39 is 5.97 Å². The van der Waals surface area contributed by atoms with Crippen LogP contribution in [0.1, 0.15) is 71.8 Å². The molecular weight excluding hydrogens is 516 g/mol. The first-order chi connectivity index (χ1) is 19.8. The molecule has 0 spiro atoms. The van der Waals surface area contributed by atoms with Gasteiger partial charge >= 0.3 is 5.97 Å². The van der Waals surface area contributed by atoms with Crippen molar-refractivity contribution < 1.29 is 19.4 Å². The largest absolute Gasteiger partial charge is 0.496 e. The molecule has 8 heteroatoms. The third-order valence-corrected chi connectivity index (χ3v) is 8.55. The molecule has 2 saturated heterocycles. The Balaban J connectivity index is 1.32. The average molecular weight is 557 g/mol. The van der Waals surface area contributed by atoms with Gasteiger partial charge in [-0.15, -0.1) is 0 Å². The van der Waals surface area contributed by atoms with E-state index in [0.29, 0.717) is 49.3 Å². The Hall–Kier alpha value is -3.94. The Bertz CT molecular complexity index is 1370. The molecule has 3 heterocycles. The lowest BCUT2D eigenvalue weighted by Gasteiger charge is -2.30. The second kappa shape index (κ2) is 12.7. The van der Waals surface area contributed by atoms with Gasteiger partial charge in [0.15, 0.2) is 0 Å². The molecule has 1 aromatic heterocycles. The van der Waals surface area contributed by atoms with E-state index in [1.807, 2.05) is 24.3 Å². The van der Waals surface area contributed by atoms with E-state index in [2.05, 4.69) is 52.9 Å². The van der Waals surface area contributed by atoms with Crippen LogP contribution in [0.3, 0.4) is 0 Å². The molecule has 2 unspecified atom stereocenters. The molecule has 5 rings (SSSR count). The normalized spacial score (nSPS) is 18.7. The molecule has 3 aromatic rings. The number of hydrogen-bond donors (Lipinski definition) is 1. The van der Waals surface area contributed by atoms with Gasteiger partial charge in [0.05, 0.1) is 30.8 Å². The summed E-state index contributed by atoms with van der Waals surface area (Å²) in [4.78, 5) is 39.0. The minimum atomic E-state index is -1.01. The number of benzene rings is 2. The van der Waals surface area contributed by atoms with Crippen molar-refractivity contribution in [2.45, 2.75) is 64.3 Å². The fourth-order valence-electron chi connectivity index (χ4n) is 6.19. The van der Waals surface area contributed by atoms with Gasteiger partial charge < -0.3 is 19.6 Å². The van der Waals surface area contributed by atoms with Gasteiger partial charge in [-0.05, 0) is 54.7 Å². The van der Waals surface area contributed by atoms with Crippen molar-refractivity contribution in [3.8, 4) is 5.75 Å². The Morgan fingerprint density at radius 1 is 1.05 bits per heavy atom. The zero-order valence-corrected chi connectivity index (χ0v) is 24.3. The van der Waals surface area contributed by atoms with Gasteiger partial charge in [-0.3, -0.25) is 4.79 Å². The van der Waals surface area contributed by atoms with E-state index in [1.165, 1.54) is 11.8 Å². The number of carboxylic acid groups (broad SMARTS) is 1. The van der Waals surface area contributed by atoms with Gasteiger partial charge in [0.1, 0.15) is 5.75 Å². The van der Waals surface area contributed by atoms with Crippen LogP contribution in [-0.2, 0) is 24.1 Å². The maximum absolute atomic E-state index is 13.6. The summed E-state index contributed by atoms with van der Waals surface area (Å²) < 4.78 is 5.48. The van der Waals surface area contributed by atoms with Crippen molar-refractivity contribution in [2.75, 3.05) is 31.6 Å². The number of para-hydroxylation sites is 1. The van der Waals surface area contributed by atoms with Crippen molar-refractivity contribution in [3.05, 3.63) is 82.7 Å². The van der Waals surface area contributed by atoms with E-state index in [1.54, 1.807) is 7.11 Å². The molecule has 0 bridgehead atoms. The molecule has 0 radical (unpaired) electrons. The first kappa shape index (κ1) is 28.6. The van der Waals surface area contributed by atoms with Gasteiger partial charge in [0, 0.05) is 31.4 Å². The zero-order valence-electron chi connectivity index (χ0n) is 24.3. The van der Waals surface area contributed by atoms with Crippen molar-refractivity contribution in [1.82, 2.24) is 14.9 Å². The quantitative estimate of drug-likeness (QED) is 0.389. The summed E-state index contributed by atoms with van der Waals surface area (Å²) in [5.41, 5.74) is 4.03. The van der Waals surface area contributed by atoms with Crippen LogP contribution < -0.4 is 9.64 Å². The lowest BCUT2D eigenvalue weighted by atomic mass is 9.98. The summed E-state index contributed by atoms with van der Waals surface area (Å²) in [6, 6.07) is 16.3. The smallest absolute Gasteiger partial charge is 0.339 e. The standard InChI is InChI=1S/C33H40N4O4/c1-22(2)24-14-11-23(12-15-24)13-16-28-27(32(39)40)19-34-33(35-28)36-20-26-9-6-7-17-37(29(26)21-36)31(38)18-25-8-4-5-10-30(25)41-3/h4-5,8,10-12,14-15,19,22,26,29H,6-7,9,13,16-18,20-21H2,1-3H3,(H,39,40). The number of ether oxygens (including phenoxy) is 1. The summed E-state index contributed by atoms with van der Waals surface area (Å²) in [6.07, 6.45) is 6.09. The number of rotatable bonds is 9. The number of methoxy groups -OCH3 is 1. The van der Waals surface area contributed by atoms with E-state index in [9.17, 15) is 14.7 Å². The molecule has 2 aliphatic heterocycles. The van der Waals surface area contributed by atoms with Crippen molar-refractivity contribution in [2.24, 2.45) is 5.92 Å². The van der Waals surface area contributed by atoms with E-state index in [-0.39, 0.29) is 17.5 Å². The predicted octanol–water partition coefficient (Wildman–Crippen LogP) is 5.15. The lowest BCUT2D eigenvalue weighted by Crippen LogP contribution is -2.45. The Labute approximate surface area is 242 Å². The number of amides is 1. The van der Waals surface area contributed by atoms with Gasteiger partial charge in [-0.25, -0.2) is 14.8 Å². The average Bonchev–Trinajstić information content (AvgIpc) is 3.29. The molecule has 41 heavy (non-hydrogen) atoms. The molecule has 1 amide bonds. The number of carboxylic acids is 1. The minimum Gasteiger partial charge on any atom is -0.496 e. The number of aryl methyl sites for hydroxylation is 2. The van der Waals surface area contributed by atoms with Crippen LogP contribution in [-0.4, -0.2) is 64.6 Å². The van der Waals surface area contributed by atoms with Gasteiger partial charge in [-0.2, -0.15) is 0 Å². The van der Waals surface area contributed by atoms with Crippen LogP contribution in [0.4, 0.5) is 5.95 Å². The maximum atomic E-state index is 13.6. The number of anilines is 1. The number of hydrogen-bond acceptors (Lipinski definition) is 6. The molecule has 8 nitrogen and oxygen atoms in total. The number of carbonyl (C=O) groups is 2. The first-order valence-electron chi connectivity index (χ1n) is 14.7. The molecule has 2 atom stereocenters. The van der Waals surface area contributed by atoms with E-state index in [4.69, 9.17) is 9.72 Å². The summed E-state index contributed by atoms with van der Waals surface area (Å²) in [5.74, 6) is 1.17. The van der Waals surface area contributed by atoms with Gasteiger partial charge in [0.2, 0.25) is 11.9 Å². The number of aromatic nitrogens is 2. The Kier molecular flexibility index (Phi) is 8.86. The molecule has 1 N–H and O–H groups in total. The molecular formula is C33H40N4O4. The summed E-state index contributed by atoms with van der Waals surface area (Å²) in [7, 11) is 1.63. The third kappa shape index (κ3) is 6.53. The number of fused-ring (bicyclic) bond motifs is 1. The van der Waals surface area contributed by atoms with Crippen LogP contribution in [0.2, 0.25) is 0 Å². The Morgan fingerprint density at radius 3 is 2.56 bits per heavy atom. The number of aromatic carboxylic acids is 1.